The zero-order valence-electron chi connectivity index (χ0n) is 9.55. The number of para-hydroxylation sites is 2. The highest BCUT2D eigenvalue weighted by atomic mass is 32.2. The van der Waals surface area contributed by atoms with E-state index in [1.165, 1.54) is 6.07 Å². The fourth-order valence-corrected chi connectivity index (χ4v) is 2.97. The van der Waals surface area contributed by atoms with Gasteiger partial charge in [-0.15, -0.1) is 0 Å². The molecular weight excluding hydrogens is 248 g/mol. The van der Waals surface area contributed by atoms with Gasteiger partial charge in [0.05, 0.1) is 5.69 Å². The van der Waals surface area contributed by atoms with Crippen molar-refractivity contribution in [2.75, 3.05) is 5.32 Å². The Hall–Kier alpha value is -1.85. The molecule has 5 heteroatoms. The van der Waals surface area contributed by atoms with Crippen molar-refractivity contribution in [3.63, 3.8) is 0 Å². The van der Waals surface area contributed by atoms with Crippen LogP contribution in [0.4, 0.5) is 11.4 Å². The minimum atomic E-state index is -3.71. The van der Waals surface area contributed by atoms with Crippen molar-refractivity contribution in [3.8, 4) is 0 Å². The van der Waals surface area contributed by atoms with Crippen LogP contribution in [0.1, 0.15) is 11.1 Å². The molecule has 0 aromatic heterocycles. The molecule has 0 unspecified atom stereocenters. The van der Waals surface area contributed by atoms with Crippen molar-refractivity contribution in [1.29, 1.82) is 0 Å². The largest absolute Gasteiger partial charge is 0.354 e. The summed E-state index contributed by atoms with van der Waals surface area (Å²) in [5.74, 6) is 0. The Bertz CT molecular complexity index is 724. The lowest BCUT2D eigenvalue weighted by Crippen LogP contribution is -2.17. The van der Waals surface area contributed by atoms with E-state index in [0.717, 1.165) is 16.8 Å². The van der Waals surface area contributed by atoms with Crippen LogP contribution in [0.15, 0.2) is 47.4 Å². The number of hydrogen-bond acceptors (Lipinski definition) is 3. The summed E-state index contributed by atoms with van der Waals surface area (Å²) in [7, 11) is -3.71. The number of benzene rings is 2. The van der Waals surface area contributed by atoms with Crippen molar-refractivity contribution < 1.29 is 8.42 Å². The Labute approximate surface area is 105 Å². The Balaban J connectivity index is 2.20. The second-order valence-electron chi connectivity index (χ2n) is 4.29. The first kappa shape index (κ1) is 11.3. The van der Waals surface area contributed by atoms with Gasteiger partial charge in [-0.3, -0.25) is 0 Å². The third kappa shape index (κ3) is 1.77. The molecule has 0 spiro atoms. The Kier molecular flexibility index (Phi) is 2.39. The number of nitrogens with two attached hydrogens (primary N) is 1. The minimum Gasteiger partial charge on any atom is -0.354 e. The quantitative estimate of drug-likeness (QED) is 0.702. The van der Waals surface area contributed by atoms with Gasteiger partial charge in [-0.1, -0.05) is 30.3 Å². The number of hydrogen-bond donors (Lipinski definition) is 2. The van der Waals surface area contributed by atoms with Crippen molar-refractivity contribution in [3.05, 3.63) is 53.6 Å². The first-order valence-electron chi connectivity index (χ1n) is 5.55. The molecule has 0 amide bonds. The number of rotatable bonds is 1. The predicted octanol–water partition coefficient (Wildman–Crippen LogP) is 1.98. The predicted molar refractivity (Wildman–Crippen MR) is 70.3 cm³/mol. The van der Waals surface area contributed by atoms with Crippen LogP contribution in [0, 0.1) is 0 Å². The highest BCUT2D eigenvalue weighted by Gasteiger charge is 2.21. The normalized spacial score (nSPS) is 13.4. The van der Waals surface area contributed by atoms with Gasteiger partial charge in [-0.05, 0) is 23.3 Å². The monoisotopic (exact) mass is 260 g/mol. The maximum Gasteiger partial charge on any atom is 0.240 e. The van der Waals surface area contributed by atoms with Gasteiger partial charge in [0.15, 0.2) is 0 Å². The molecule has 18 heavy (non-hydrogen) atoms. The van der Waals surface area contributed by atoms with Crippen LogP contribution in [-0.2, 0) is 16.4 Å². The smallest absolute Gasteiger partial charge is 0.240 e. The van der Waals surface area contributed by atoms with Crippen LogP contribution < -0.4 is 10.5 Å². The lowest BCUT2D eigenvalue weighted by molar-refractivity contribution is 0.598. The van der Waals surface area contributed by atoms with E-state index in [1.807, 2.05) is 30.3 Å². The van der Waals surface area contributed by atoms with Gasteiger partial charge in [0, 0.05) is 12.1 Å². The molecule has 4 nitrogen and oxygen atoms in total. The first-order chi connectivity index (χ1) is 8.55. The molecule has 2 aromatic rings. The second-order valence-corrected chi connectivity index (χ2v) is 5.82. The van der Waals surface area contributed by atoms with Crippen molar-refractivity contribution in [2.24, 2.45) is 5.14 Å². The fraction of sp³-hybridized carbons (Fsp3) is 0.0769. The average molecular weight is 260 g/mol. The van der Waals surface area contributed by atoms with Crippen LogP contribution in [0.2, 0.25) is 0 Å². The standard InChI is InChI=1S/C13H12N2O2S/c14-18(16,17)12-7-3-5-10-8-9-4-1-2-6-11(9)15-13(10)12/h1-7,15H,8H2,(H2,14,16,17). The summed E-state index contributed by atoms with van der Waals surface area (Å²) in [6.07, 6.45) is 0.710. The van der Waals surface area contributed by atoms with E-state index in [2.05, 4.69) is 5.32 Å². The third-order valence-electron chi connectivity index (χ3n) is 3.08. The van der Waals surface area contributed by atoms with E-state index >= 15 is 0 Å². The molecule has 0 saturated carbocycles. The molecule has 1 aliphatic rings. The second kappa shape index (κ2) is 3.83. The van der Waals surface area contributed by atoms with Gasteiger partial charge in [0.25, 0.3) is 0 Å². The number of anilines is 2. The van der Waals surface area contributed by atoms with E-state index in [9.17, 15) is 8.42 Å². The molecule has 3 N–H and O–H groups in total. The van der Waals surface area contributed by atoms with Gasteiger partial charge in [0.1, 0.15) is 4.90 Å². The summed E-state index contributed by atoms with van der Waals surface area (Å²) in [4.78, 5) is 0.148. The van der Waals surface area contributed by atoms with Crippen LogP contribution in [0.25, 0.3) is 0 Å². The maximum atomic E-state index is 11.6. The minimum absolute atomic E-state index is 0.148. The maximum absolute atomic E-state index is 11.6. The fourth-order valence-electron chi connectivity index (χ4n) is 2.24. The van der Waals surface area contributed by atoms with Crippen LogP contribution in [0.5, 0.6) is 0 Å². The Morgan fingerprint density at radius 3 is 2.50 bits per heavy atom. The summed E-state index contributed by atoms with van der Waals surface area (Å²) >= 11 is 0. The summed E-state index contributed by atoms with van der Waals surface area (Å²) in [6.45, 7) is 0. The lowest BCUT2D eigenvalue weighted by Gasteiger charge is -2.23. The van der Waals surface area contributed by atoms with Crippen molar-refractivity contribution in [2.45, 2.75) is 11.3 Å². The van der Waals surface area contributed by atoms with Gasteiger partial charge < -0.3 is 5.32 Å². The van der Waals surface area contributed by atoms with E-state index in [0.29, 0.717) is 12.1 Å². The van der Waals surface area contributed by atoms with E-state index in [-0.39, 0.29) is 4.90 Å². The molecule has 1 heterocycles. The zero-order valence-corrected chi connectivity index (χ0v) is 10.4. The van der Waals surface area contributed by atoms with Crippen molar-refractivity contribution >= 4 is 21.4 Å². The van der Waals surface area contributed by atoms with Crippen LogP contribution in [0.3, 0.4) is 0 Å². The summed E-state index contributed by atoms with van der Waals surface area (Å²) in [5, 5.41) is 8.39. The Morgan fingerprint density at radius 2 is 1.72 bits per heavy atom. The average Bonchev–Trinajstić information content (AvgIpc) is 2.34. The topological polar surface area (TPSA) is 72.2 Å². The van der Waals surface area contributed by atoms with Gasteiger partial charge in [-0.25, -0.2) is 13.6 Å². The molecule has 92 valence electrons. The molecule has 0 fully saturated rings. The van der Waals surface area contributed by atoms with E-state index in [1.54, 1.807) is 6.07 Å². The highest BCUT2D eigenvalue weighted by molar-refractivity contribution is 7.89. The molecule has 1 aliphatic heterocycles. The Morgan fingerprint density at radius 1 is 1.00 bits per heavy atom. The summed E-state index contributed by atoms with van der Waals surface area (Å²) in [5.41, 5.74) is 3.62. The third-order valence-corrected chi connectivity index (χ3v) is 4.03. The van der Waals surface area contributed by atoms with Crippen molar-refractivity contribution in [1.82, 2.24) is 0 Å². The molecule has 0 saturated heterocycles. The molecular formula is C13H12N2O2S. The highest BCUT2D eigenvalue weighted by Crippen LogP contribution is 2.36. The van der Waals surface area contributed by atoms with E-state index < -0.39 is 10.0 Å². The van der Waals surface area contributed by atoms with Gasteiger partial charge in [0.2, 0.25) is 10.0 Å². The molecule has 3 rings (SSSR count). The van der Waals surface area contributed by atoms with Gasteiger partial charge >= 0.3 is 0 Å². The number of sulfonamides is 1. The SMILES string of the molecule is NS(=O)(=O)c1cccc2c1Nc1ccccc1C2. The number of nitrogens with one attached hydrogen (secondary N) is 1. The number of fused-ring (bicyclic) bond motifs is 2. The molecule has 0 bridgehead atoms. The van der Waals surface area contributed by atoms with Gasteiger partial charge in [-0.2, -0.15) is 0 Å². The zero-order chi connectivity index (χ0) is 12.8. The number of primary sulfonamides is 1. The lowest BCUT2D eigenvalue weighted by atomic mass is 9.97. The summed E-state index contributed by atoms with van der Waals surface area (Å²) < 4.78 is 23.1. The first-order valence-corrected chi connectivity index (χ1v) is 7.10. The summed E-state index contributed by atoms with van der Waals surface area (Å²) in [6, 6.07) is 13.0. The molecule has 2 aromatic carbocycles. The molecule has 0 radical (unpaired) electrons. The molecule has 0 atom stereocenters. The van der Waals surface area contributed by atoms with Crippen LogP contribution >= 0.6 is 0 Å². The van der Waals surface area contributed by atoms with Crippen LogP contribution in [-0.4, -0.2) is 8.42 Å². The molecule has 0 aliphatic carbocycles. The van der Waals surface area contributed by atoms with E-state index in [4.69, 9.17) is 5.14 Å².